The monoisotopic (exact) mass is 302 g/mol. The number of anilines is 1. The quantitative estimate of drug-likeness (QED) is 0.508. The van der Waals surface area contributed by atoms with Crippen LogP contribution in [-0.4, -0.2) is 22.7 Å². The molecule has 1 aromatic carbocycles. The summed E-state index contributed by atoms with van der Waals surface area (Å²) in [4.78, 5) is 10.1. The van der Waals surface area contributed by atoms with Gasteiger partial charge in [0, 0.05) is 30.7 Å². The number of benzene rings is 1. The Morgan fingerprint density at radius 1 is 1.37 bits per heavy atom. The first-order chi connectivity index (χ1) is 9.01. The van der Waals surface area contributed by atoms with Gasteiger partial charge in [-0.25, -0.2) is 0 Å². The van der Waals surface area contributed by atoms with Gasteiger partial charge in [-0.05, 0) is 6.42 Å². The number of rotatable bonds is 4. The van der Waals surface area contributed by atoms with Gasteiger partial charge in [0.25, 0.3) is 5.69 Å². The first-order valence-corrected chi connectivity index (χ1v) is 6.46. The zero-order valence-electron chi connectivity index (χ0n) is 9.85. The molecule has 0 unspecified atom stereocenters. The Bertz CT molecular complexity index is 511. The SMILES string of the molecule is O=[N+]([O-])c1cc(Cl)c(N[C@H]2C=C[C@@H](CO)C2)c(Cl)c1. The molecule has 19 heavy (non-hydrogen) atoms. The topological polar surface area (TPSA) is 75.4 Å². The Balaban J connectivity index is 2.18. The van der Waals surface area contributed by atoms with Crippen LogP contribution < -0.4 is 5.32 Å². The predicted molar refractivity (Wildman–Crippen MR) is 74.9 cm³/mol. The fourth-order valence-electron chi connectivity index (χ4n) is 2.01. The number of halogens is 2. The van der Waals surface area contributed by atoms with Crippen LogP contribution in [0.2, 0.25) is 10.0 Å². The van der Waals surface area contributed by atoms with Crippen molar-refractivity contribution in [2.24, 2.45) is 5.92 Å². The van der Waals surface area contributed by atoms with Gasteiger partial charge in [-0.1, -0.05) is 35.4 Å². The van der Waals surface area contributed by atoms with Gasteiger partial charge in [0.1, 0.15) is 0 Å². The van der Waals surface area contributed by atoms with E-state index in [1.54, 1.807) is 0 Å². The van der Waals surface area contributed by atoms with E-state index in [-0.39, 0.29) is 34.3 Å². The summed E-state index contributed by atoms with van der Waals surface area (Å²) in [7, 11) is 0. The molecule has 2 rings (SSSR count). The van der Waals surface area contributed by atoms with Gasteiger partial charge >= 0.3 is 0 Å². The fourth-order valence-corrected chi connectivity index (χ4v) is 2.59. The molecule has 2 N–H and O–H groups in total. The van der Waals surface area contributed by atoms with Crippen molar-refractivity contribution in [3.05, 3.63) is 44.4 Å². The summed E-state index contributed by atoms with van der Waals surface area (Å²) in [5, 5.41) is 23.3. The van der Waals surface area contributed by atoms with E-state index in [0.29, 0.717) is 5.69 Å². The minimum absolute atomic E-state index is 0.00797. The number of non-ortho nitro benzene ring substituents is 1. The van der Waals surface area contributed by atoms with Crippen molar-refractivity contribution in [3.63, 3.8) is 0 Å². The zero-order valence-corrected chi connectivity index (χ0v) is 11.4. The summed E-state index contributed by atoms with van der Waals surface area (Å²) in [5.74, 6) is 0.119. The zero-order chi connectivity index (χ0) is 14.0. The van der Waals surface area contributed by atoms with Crippen LogP contribution in [0.4, 0.5) is 11.4 Å². The third-order valence-electron chi connectivity index (χ3n) is 2.97. The van der Waals surface area contributed by atoms with Crippen LogP contribution in [0.3, 0.4) is 0 Å². The van der Waals surface area contributed by atoms with Gasteiger partial charge in [-0.15, -0.1) is 0 Å². The maximum absolute atomic E-state index is 10.7. The number of hydrogen-bond acceptors (Lipinski definition) is 4. The number of nitro groups is 1. The van der Waals surface area contributed by atoms with Gasteiger partial charge in [0.15, 0.2) is 0 Å². The molecule has 1 aromatic rings. The Hall–Kier alpha value is -1.30. The van der Waals surface area contributed by atoms with Crippen molar-refractivity contribution in [2.45, 2.75) is 12.5 Å². The van der Waals surface area contributed by atoms with Crippen LogP contribution in [0.1, 0.15) is 6.42 Å². The molecule has 0 aliphatic heterocycles. The lowest BCUT2D eigenvalue weighted by Crippen LogP contribution is -2.17. The molecule has 0 saturated carbocycles. The van der Waals surface area contributed by atoms with E-state index in [9.17, 15) is 10.1 Å². The van der Waals surface area contributed by atoms with E-state index in [0.717, 1.165) is 6.42 Å². The predicted octanol–water partition coefficient (Wildman–Crippen LogP) is 3.25. The van der Waals surface area contributed by atoms with Crippen molar-refractivity contribution in [1.29, 1.82) is 0 Å². The molecule has 0 aromatic heterocycles. The second-order valence-electron chi connectivity index (χ2n) is 4.36. The smallest absolute Gasteiger partial charge is 0.272 e. The molecule has 0 saturated heterocycles. The van der Waals surface area contributed by atoms with Crippen LogP contribution in [0, 0.1) is 16.0 Å². The summed E-state index contributed by atoms with van der Waals surface area (Å²) < 4.78 is 0. The molecule has 1 aliphatic rings. The van der Waals surface area contributed by atoms with E-state index in [2.05, 4.69) is 5.32 Å². The average Bonchev–Trinajstić information content (AvgIpc) is 2.81. The van der Waals surface area contributed by atoms with Gasteiger partial charge in [-0.2, -0.15) is 0 Å². The highest BCUT2D eigenvalue weighted by atomic mass is 35.5. The average molecular weight is 303 g/mol. The molecular formula is C12H12Cl2N2O3. The van der Waals surface area contributed by atoms with Crippen LogP contribution >= 0.6 is 23.2 Å². The largest absolute Gasteiger partial charge is 0.396 e. The molecule has 0 heterocycles. The summed E-state index contributed by atoms with van der Waals surface area (Å²) >= 11 is 12.0. The Kier molecular flexibility index (Phi) is 4.29. The molecule has 102 valence electrons. The Morgan fingerprint density at radius 2 is 2.00 bits per heavy atom. The molecule has 0 bridgehead atoms. The Morgan fingerprint density at radius 3 is 2.47 bits per heavy atom. The van der Waals surface area contributed by atoms with E-state index in [1.807, 2.05) is 12.2 Å². The second kappa shape index (κ2) is 5.77. The van der Waals surface area contributed by atoms with Crippen molar-refractivity contribution in [2.75, 3.05) is 11.9 Å². The van der Waals surface area contributed by atoms with Crippen molar-refractivity contribution >= 4 is 34.6 Å². The molecular weight excluding hydrogens is 291 g/mol. The molecule has 0 spiro atoms. The number of nitro benzene ring substituents is 1. The fraction of sp³-hybridized carbons (Fsp3) is 0.333. The summed E-state index contributed by atoms with van der Waals surface area (Å²) in [6.07, 6.45) is 4.58. The molecule has 7 heteroatoms. The number of nitrogens with one attached hydrogen (secondary N) is 1. The van der Waals surface area contributed by atoms with Crippen molar-refractivity contribution in [3.8, 4) is 0 Å². The molecule has 0 fully saturated rings. The molecule has 5 nitrogen and oxygen atoms in total. The van der Waals surface area contributed by atoms with Crippen LogP contribution in [0.5, 0.6) is 0 Å². The van der Waals surface area contributed by atoms with E-state index < -0.39 is 4.92 Å². The highest BCUT2D eigenvalue weighted by Crippen LogP contribution is 2.36. The Labute approximate surface area is 120 Å². The summed E-state index contributed by atoms with van der Waals surface area (Å²) in [5.41, 5.74) is 0.331. The number of hydrogen-bond donors (Lipinski definition) is 2. The number of aliphatic hydroxyl groups excluding tert-OH is 1. The van der Waals surface area contributed by atoms with Gasteiger partial charge in [0.05, 0.1) is 20.7 Å². The van der Waals surface area contributed by atoms with Gasteiger partial charge in [-0.3, -0.25) is 10.1 Å². The van der Waals surface area contributed by atoms with E-state index >= 15 is 0 Å². The molecule has 2 atom stereocenters. The minimum atomic E-state index is -0.543. The molecule has 1 aliphatic carbocycles. The third-order valence-corrected chi connectivity index (χ3v) is 3.57. The highest BCUT2D eigenvalue weighted by molar-refractivity contribution is 6.39. The molecule has 0 amide bonds. The maximum atomic E-state index is 10.7. The molecule has 0 radical (unpaired) electrons. The van der Waals surface area contributed by atoms with Crippen molar-refractivity contribution < 1.29 is 10.0 Å². The minimum Gasteiger partial charge on any atom is -0.396 e. The highest BCUT2D eigenvalue weighted by Gasteiger charge is 2.21. The van der Waals surface area contributed by atoms with Gasteiger partial charge in [0.2, 0.25) is 0 Å². The van der Waals surface area contributed by atoms with Gasteiger partial charge < -0.3 is 10.4 Å². The standard InChI is InChI=1S/C12H12Cl2N2O3/c13-10-4-9(16(18)19)5-11(14)12(10)15-8-2-1-7(3-8)6-17/h1-2,4-5,7-8,15,17H,3,6H2/t7-,8+/m1/s1. The normalized spacial score (nSPS) is 21.6. The lowest BCUT2D eigenvalue weighted by molar-refractivity contribution is -0.384. The third kappa shape index (κ3) is 3.18. The van der Waals surface area contributed by atoms with Crippen molar-refractivity contribution in [1.82, 2.24) is 0 Å². The first-order valence-electron chi connectivity index (χ1n) is 5.70. The van der Waals surface area contributed by atoms with E-state index in [4.69, 9.17) is 28.3 Å². The van der Waals surface area contributed by atoms with E-state index in [1.165, 1.54) is 12.1 Å². The van der Waals surface area contributed by atoms with Crippen LogP contribution in [0.25, 0.3) is 0 Å². The second-order valence-corrected chi connectivity index (χ2v) is 5.17. The lowest BCUT2D eigenvalue weighted by atomic mass is 10.1. The summed E-state index contributed by atoms with van der Waals surface area (Å²) in [6, 6.07) is 2.53. The van der Waals surface area contributed by atoms with Crippen LogP contribution in [-0.2, 0) is 0 Å². The lowest BCUT2D eigenvalue weighted by Gasteiger charge is -2.16. The summed E-state index contributed by atoms with van der Waals surface area (Å²) in [6.45, 7) is 0.0937. The number of nitrogens with zero attached hydrogens (tertiary/aromatic N) is 1. The maximum Gasteiger partial charge on any atom is 0.272 e. The van der Waals surface area contributed by atoms with Crippen LogP contribution in [0.15, 0.2) is 24.3 Å². The number of aliphatic hydroxyl groups is 1. The first kappa shape index (κ1) is 14.1.